The van der Waals surface area contributed by atoms with Gasteiger partial charge in [0, 0.05) is 37.1 Å². The molecule has 0 spiro atoms. The molecule has 1 atom stereocenters. The van der Waals surface area contributed by atoms with Crippen LogP contribution in [-0.2, 0) is 13.5 Å². The molecule has 0 bridgehead atoms. The number of hydrogen-bond donors (Lipinski definition) is 1. The Balaban J connectivity index is 1.74. The normalized spacial score (nSPS) is 17.0. The third kappa shape index (κ3) is 3.34. The fourth-order valence-electron chi connectivity index (χ4n) is 4.47. The third-order valence-electron chi connectivity index (χ3n) is 6.00. The SMILES string of the molecule is CCc1nn(C)c(C(=O)N2CCCC[C@H]2c2[nH]ncc2-c2ccncc2C)c1C. The van der Waals surface area contributed by atoms with Crippen molar-refractivity contribution in [2.45, 2.75) is 52.5 Å². The number of piperidine rings is 1. The molecule has 1 fully saturated rings. The second-order valence-corrected chi connectivity index (χ2v) is 7.80. The van der Waals surface area contributed by atoms with Gasteiger partial charge in [0.15, 0.2) is 0 Å². The minimum absolute atomic E-state index is 0.0271. The number of hydrogen-bond acceptors (Lipinski definition) is 4. The number of aromatic amines is 1. The van der Waals surface area contributed by atoms with Crippen LogP contribution in [0.25, 0.3) is 11.1 Å². The molecule has 1 aliphatic rings. The summed E-state index contributed by atoms with van der Waals surface area (Å²) in [6, 6.07) is 1.98. The van der Waals surface area contributed by atoms with Gasteiger partial charge < -0.3 is 4.90 Å². The molecule has 0 aromatic carbocycles. The Morgan fingerprint density at radius 2 is 2.07 bits per heavy atom. The summed E-state index contributed by atoms with van der Waals surface area (Å²) in [7, 11) is 1.86. The number of aromatic nitrogens is 5. The molecule has 4 rings (SSSR count). The number of carbonyl (C=O) groups excluding carboxylic acids is 1. The summed E-state index contributed by atoms with van der Waals surface area (Å²) < 4.78 is 1.74. The van der Waals surface area contributed by atoms with Gasteiger partial charge in [-0.2, -0.15) is 10.2 Å². The molecule has 0 radical (unpaired) electrons. The largest absolute Gasteiger partial charge is 0.329 e. The Labute approximate surface area is 171 Å². The Morgan fingerprint density at radius 3 is 2.79 bits per heavy atom. The first-order valence-corrected chi connectivity index (χ1v) is 10.3. The molecule has 7 nitrogen and oxygen atoms in total. The lowest BCUT2D eigenvalue weighted by atomic mass is 9.93. The number of rotatable bonds is 4. The fraction of sp³-hybridized carbons (Fsp3) is 0.455. The van der Waals surface area contributed by atoms with Crippen LogP contribution in [0.4, 0.5) is 0 Å². The molecule has 0 unspecified atom stereocenters. The van der Waals surface area contributed by atoms with Gasteiger partial charge in [0.25, 0.3) is 5.91 Å². The van der Waals surface area contributed by atoms with Crippen molar-refractivity contribution in [2.75, 3.05) is 6.54 Å². The summed E-state index contributed by atoms with van der Waals surface area (Å²) in [5.74, 6) is 0.0499. The van der Waals surface area contributed by atoms with Crippen LogP contribution in [0.5, 0.6) is 0 Å². The zero-order valence-electron chi connectivity index (χ0n) is 17.6. The molecule has 29 heavy (non-hydrogen) atoms. The highest BCUT2D eigenvalue weighted by atomic mass is 16.2. The van der Waals surface area contributed by atoms with Crippen molar-refractivity contribution in [1.82, 2.24) is 29.9 Å². The van der Waals surface area contributed by atoms with Crippen LogP contribution in [0.2, 0.25) is 0 Å². The summed E-state index contributed by atoms with van der Waals surface area (Å²) >= 11 is 0. The molecule has 1 amide bonds. The molecule has 3 aromatic heterocycles. The Kier molecular flexibility index (Phi) is 5.22. The van der Waals surface area contributed by atoms with Crippen LogP contribution in [-0.4, -0.2) is 42.3 Å². The fourth-order valence-corrected chi connectivity index (χ4v) is 4.47. The lowest BCUT2D eigenvalue weighted by Gasteiger charge is -2.36. The van der Waals surface area contributed by atoms with Crippen molar-refractivity contribution in [3.63, 3.8) is 0 Å². The van der Waals surface area contributed by atoms with Crippen molar-refractivity contribution in [1.29, 1.82) is 0 Å². The topological polar surface area (TPSA) is 79.7 Å². The molecule has 4 heterocycles. The standard InChI is InChI=1S/C22H28N6O/c1-5-18-15(3)21(27(4)26-18)22(29)28-11-7-6-8-19(28)20-17(13-24-25-20)16-9-10-23-12-14(16)2/h9-10,12-13,19H,5-8,11H2,1-4H3,(H,24,25)/t19-/m0/s1. The van der Waals surface area contributed by atoms with E-state index in [-0.39, 0.29) is 11.9 Å². The van der Waals surface area contributed by atoms with Gasteiger partial charge in [-0.05, 0) is 56.7 Å². The van der Waals surface area contributed by atoms with Gasteiger partial charge in [0.05, 0.1) is 23.6 Å². The van der Waals surface area contributed by atoms with Crippen molar-refractivity contribution >= 4 is 5.91 Å². The van der Waals surface area contributed by atoms with E-state index in [1.165, 1.54) is 0 Å². The molecule has 0 aliphatic carbocycles. The lowest BCUT2D eigenvalue weighted by Crippen LogP contribution is -2.40. The number of H-pyrrole nitrogens is 1. The van der Waals surface area contributed by atoms with E-state index in [1.54, 1.807) is 10.9 Å². The van der Waals surface area contributed by atoms with Gasteiger partial charge in [0.2, 0.25) is 0 Å². The maximum atomic E-state index is 13.6. The van der Waals surface area contributed by atoms with E-state index < -0.39 is 0 Å². The molecule has 3 aromatic rings. The second kappa shape index (κ2) is 7.81. The van der Waals surface area contributed by atoms with Crippen LogP contribution in [0.15, 0.2) is 24.7 Å². The first-order valence-electron chi connectivity index (χ1n) is 10.3. The summed E-state index contributed by atoms with van der Waals surface area (Å²) in [5.41, 5.74) is 6.91. The zero-order valence-corrected chi connectivity index (χ0v) is 17.6. The summed E-state index contributed by atoms with van der Waals surface area (Å²) in [6.07, 6.45) is 9.37. The molecular formula is C22H28N6O. The van der Waals surface area contributed by atoms with Crippen LogP contribution in [0, 0.1) is 13.8 Å². The van der Waals surface area contributed by atoms with Gasteiger partial charge >= 0.3 is 0 Å². The Bertz CT molecular complexity index is 1030. The number of carbonyl (C=O) groups is 1. The average molecular weight is 393 g/mol. The van der Waals surface area contributed by atoms with E-state index in [9.17, 15) is 4.79 Å². The predicted molar refractivity (Wildman–Crippen MR) is 112 cm³/mol. The number of pyridine rings is 1. The molecular weight excluding hydrogens is 364 g/mol. The number of aryl methyl sites for hydroxylation is 3. The van der Waals surface area contributed by atoms with Crippen molar-refractivity contribution in [2.24, 2.45) is 7.05 Å². The second-order valence-electron chi connectivity index (χ2n) is 7.80. The molecule has 152 valence electrons. The van der Waals surface area contributed by atoms with E-state index in [0.29, 0.717) is 5.69 Å². The molecule has 0 saturated carbocycles. The van der Waals surface area contributed by atoms with Gasteiger partial charge in [-0.25, -0.2) is 0 Å². The highest BCUT2D eigenvalue weighted by Crippen LogP contribution is 2.37. The minimum atomic E-state index is -0.0271. The van der Waals surface area contributed by atoms with Gasteiger partial charge in [-0.3, -0.25) is 19.6 Å². The van der Waals surface area contributed by atoms with Gasteiger partial charge in [-0.15, -0.1) is 0 Å². The van der Waals surface area contributed by atoms with Crippen molar-refractivity contribution in [3.8, 4) is 11.1 Å². The molecule has 7 heteroatoms. The van der Waals surface area contributed by atoms with Crippen LogP contribution in [0.3, 0.4) is 0 Å². The van der Waals surface area contributed by atoms with E-state index >= 15 is 0 Å². The smallest absolute Gasteiger partial charge is 0.272 e. The first-order chi connectivity index (χ1) is 14.0. The lowest BCUT2D eigenvalue weighted by molar-refractivity contribution is 0.0594. The Morgan fingerprint density at radius 1 is 1.24 bits per heavy atom. The van der Waals surface area contributed by atoms with Crippen LogP contribution >= 0.6 is 0 Å². The van der Waals surface area contributed by atoms with Gasteiger partial charge in [0.1, 0.15) is 5.69 Å². The molecule has 1 aliphatic heterocycles. The third-order valence-corrected chi connectivity index (χ3v) is 6.00. The first kappa shape index (κ1) is 19.4. The average Bonchev–Trinajstić information content (AvgIpc) is 3.32. The minimum Gasteiger partial charge on any atom is -0.329 e. The highest BCUT2D eigenvalue weighted by Gasteiger charge is 2.34. The number of likely N-dealkylation sites (tertiary alicyclic amines) is 1. The highest BCUT2D eigenvalue weighted by molar-refractivity contribution is 5.94. The quantitative estimate of drug-likeness (QED) is 0.733. The van der Waals surface area contributed by atoms with Crippen molar-refractivity contribution < 1.29 is 4.79 Å². The van der Waals surface area contributed by atoms with Crippen LogP contribution in [0.1, 0.15) is 65.2 Å². The maximum Gasteiger partial charge on any atom is 0.272 e. The van der Waals surface area contributed by atoms with E-state index in [0.717, 1.165) is 65.9 Å². The zero-order chi connectivity index (χ0) is 20.5. The summed E-state index contributed by atoms with van der Waals surface area (Å²) in [4.78, 5) is 19.8. The number of nitrogens with zero attached hydrogens (tertiary/aromatic N) is 5. The monoisotopic (exact) mass is 392 g/mol. The maximum absolute atomic E-state index is 13.6. The number of amides is 1. The number of nitrogens with one attached hydrogen (secondary N) is 1. The van der Waals surface area contributed by atoms with Crippen molar-refractivity contribution in [3.05, 3.63) is 52.9 Å². The predicted octanol–water partition coefficient (Wildman–Crippen LogP) is 3.75. The van der Waals surface area contributed by atoms with Crippen LogP contribution < -0.4 is 0 Å². The van der Waals surface area contributed by atoms with E-state index in [1.807, 2.05) is 44.3 Å². The Hall–Kier alpha value is -2.96. The molecule has 1 N–H and O–H groups in total. The van der Waals surface area contributed by atoms with Gasteiger partial charge in [-0.1, -0.05) is 6.92 Å². The van der Waals surface area contributed by atoms with E-state index in [4.69, 9.17) is 0 Å². The summed E-state index contributed by atoms with van der Waals surface area (Å²) in [5, 5.41) is 12.1. The molecule has 1 saturated heterocycles. The summed E-state index contributed by atoms with van der Waals surface area (Å²) in [6.45, 7) is 6.86. The van der Waals surface area contributed by atoms with E-state index in [2.05, 4.69) is 27.2 Å².